The highest BCUT2D eigenvalue weighted by Gasteiger charge is 2.34. The van der Waals surface area contributed by atoms with Gasteiger partial charge in [0.2, 0.25) is 0 Å². The summed E-state index contributed by atoms with van der Waals surface area (Å²) in [6, 6.07) is 5.27. The number of rotatable bonds is 2. The van der Waals surface area contributed by atoms with Crippen molar-refractivity contribution in [2.24, 2.45) is 0 Å². The maximum absolute atomic E-state index is 12.3. The minimum Gasteiger partial charge on any atom is -0.459 e. The molecule has 1 fully saturated rings. The first-order valence-electron chi connectivity index (χ1n) is 6.03. The van der Waals surface area contributed by atoms with Gasteiger partial charge in [0, 0.05) is 12.6 Å². The van der Waals surface area contributed by atoms with E-state index in [1.165, 1.54) is 6.26 Å². The van der Waals surface area contributed by atoms with Crippen LogP contribution >= 0.6 is 0 Å². The molecule has 0 bridgehead atoms. The summed E-state index contributed by atoms with van der Waals surface area (Å²) in [4.78, 5) is 14.1. The molecule has 0 N–H and O–H groups in total. The van der Waals surface area contributed by atoms with E-state index in [2.05, 4.69) is 5.16 Å². The van der Waals surface area contributed by atoms with Gasteiger partial charge in [-0.2, -0.15) is 0 Å². The third-order valence-electron chi connectivity index (χ3n) is 3.22. The van der Waals surface area contributed by atoms with Crippen molar-refractivity contribution < 1.29 is 13.7 Å². The molecule has 0 spiro atoms. The van der Waals surface area contributed by atoms with Crippen molar-refractivity contribution in [3.05, 3.63) is 41.7 Å². The summed E-state index contributed by atoms with van der Waals surface area (Å²) in [5.74, 6) is 1.04. The fourth-order valence-electron chi connectivity index (χ4n) is 2.39. The summed E-state index contributed by atoms with van der Waals surface area (Å²) < 4.78 is 10.4. The molecule has 3 rings (SSSR count). The lowest BCUT2D eigenvalue weighted by atomic mass is 10.1. The zero-order chi connectivity index (χ0) is 12.5. The molecule has 0 radical (unpaired) electrons. The molecule has 0 saturated carbocycles. The van der Waals surface area contributed by atoms with Gasteiger partial charge >= 0.3 is 0 Å². The van der Waals surface area contributed by atoms with E-state index in [-0.39, 0.29) is 11.9 Å². The molecule has 0 aliphatic carbocycles. The van der Waals surface area contributed by atoms with Crippen molar-refractivity contribution in [3.8, 4) is 0 Å². The Hall–Kier alpha value is -2.04. The number of carbonyl (C=O) groups excluding carboxylic acids is 1. The molecule has 5 heteroatoms. The Morgan fingerprint density at radius 1 is 1.56 bits per heavy atom. The maximum Gasteiger partial charge on any atom is 0.290 e. The number of furan rings is 1. The van der Waals surface area contributed by atoms with Crippen LogP contribution in [0, 0.1) is 6.92 Å². The average molecular weight is 246 g/mol. The Bertz CT molecular complexity index is 544. The lowest BCUT2D eigenvalue weighted by Crippen LogP contribution is -2.30. The number of aryl methyl sites for hydroxylation is 1. The van der Waals surface area contributed by atoms with Gasteiger partial charge < -0.3 is 13.8 Å². The van der Waals surface area contributed by atoms with Crippen LogP contribution in [0.1, 0.15) is 40.9 Å². The molecular formula is C13H14N2O3. The van der Waals surface area contributed by atoms with E-state index in [1.54, 1.807) is 17.0 Å². The van der Waals surface area contributed by atoms with Crippen LogP contribution in [0.2, 0.25) is 0 Å². The number of hydrogen-bond acceptors (Lipinski definition) is 4. The summed E-state index contributed by atoms with van der Waals surface area (Å²) in [5.41, 5.74) is 0.835. The van der Waals surface area contributed by atoms with E-state index < -0.39 is 0 Å². The largest absolute Gasteiger partial charge is 0.459 e. The molecular weight excluding hydrogens is 232 g/mol. The lowest BCUT2D eigenvalue weighted by molar-refractivity contribution is 0.0682. The first-order chi connectivity index (χ1) is 8.75. The molecule has 1 aliphatic heterocycles. The molecule has 1 amide bonds. The van der Waals surface area contributed by atoms with Crippen molar-refractivity contribution >= 4 is 5.91 Å². The topological polar surface area (TPSA) is 59.5 Å². The SMILES string of the molecule is Cc1cc([C@H]2CCCN2C(=O)c2ccco2)on1. The number of aromatic nitrogens is 1. The average Bonchev–Trinajstić information content (AvgIpc) is 3.09. The lowest BCUT2D eigenvalue weighted by Gasteiger charge is -2.21. The predicted octanol–water partition coefficient (Wildman–Crippen LogP) is 2.55. The summed E-state index contributed by atoms with van der Waals surface area (Å²) in [6.07, 6.45) is 3.38. The summed E-state index contributed by atoms with van der Waals surface area (Å²) in [7, 11) is 0. The minimum atomic E-state index is -0.0865. The molecule has 0 aromatic carbocycles. The first-order valence-corrected chi connectivity index (χ1v) is 6.03. The monoisotopic (exact) mass is 246 g/mol. The Kier molecular flexibility index (Phi) is 2.66. The maximum atomic E-state index is 12.3. The van der Waals surface area contributed by atoms with E-state index in [1.807, 2.05) is 13.0 Å². The van der Waals surface area contributed by atoms with Gasteiger partial charge in [0.1, 0.15) is 0 Å². The van der Waals surface area contributed by atoms with Crippen molar-refractivity contribution in [2.75, 3.05) is 6.54 Å². The molecule has 1 aliphatic rings. The number of amides is 1. The van der Waals surface area contributed by atoms with E-state index in [9.17, 15) is 4.79 Å². The molecule has 18 heavy (non-hydrogen) atoms. The van der Waals surface area contributed by atoms with Gasteiger partial charge in [-0.15, -0.1) is 0 Å². The summed E-state index contributed by atoms with van der Waals surface area (Å²) >= 11 is 0. The zero-order valence-corrected chi connectivity index (χ0v) is 10.1. The summed E-state index contributed by atoms with van der Waals surface area (Å²) in [5, 5.41) is 3.88. The van der Waals surface area contributed by atoms with Gasteiger partial charge in [-0.3, -0.25) is 4.79 Å². The van der Waals surface area contributed by atoms with Crippen LogP contribution in [0.3, 0.4) is 0 Å². The van der Waals surface area contributed by atoms with Crippen molar-refractivity contribution in [1.29, 1.82) is 0 Å². The molecule has 3 heterocycles. The third kappa shape index (κ3) is 1.81. The van der Waals surface area contributed by atoms with Gasteiger partial charge in [0.25, 0.3) is 5.91 Å². The molecule has 1 saturated heterocycles. The van der Waals surface area contributed by atoms with Crippen LogP contribution < -0.4 is 0 Å². The Balaban J connectivity index is 1.85. The molecule has 94 valence electrons. The van der Waals surface area contributed by atoms with Crippen LogP contribution in [-0.4, -0.2) is 22.5 Å². The highest BCUT2D eigenvalue weighted by molar-refractivity contribution is 5.91. The minimum absolute atomic E-state index is 0.0243. The quantitative estimate of drug-likeness (QED) is 0.817. The van der Waals surface area contributed by atoms with Crippen molar-refractivity contribution in [2.45, 2.75) is 25.8 Å². The van der Waals surface area contributed by atoms with Crippen molar-refractivity contribution in [1.82, 2.24) is 10.1 Å². The van der Waals surface area contributed by atoms with E-state index in [4.69, 9.17) is 8.94 Å². The molecule has 0 unspecified atom stereocenters. The second kappa shape index (κ2) is 4.33. The normalized spacial score (nSPS) is 19.4. The number of carbonyl (C=O) groups is 1. The van der Waals surface area contributed by atoms with Crippen LogP contribution in [0.4, 0.5) is 0 Å². The predicted molar refractivity (Wildman–Crippen MR) is 63.0 cm³/mol. The fourth-order valence-corrected chi connectivity index (χ4v) is 2.39. The number of nitrogens with zero attached hydrogens (tertiary/aromatic N) is 2. The highest BCUT2D eigenvalue weighted by atomic mass is 16.5. The van der Waals surface area contributed by atoms with Crippen LogP contribution in [0.5, 0.6) is 0 Å². The zero-order valence-electron chi connectivity index (χ0n) is 10.1. The molecule has 1 atom stereocenters. The first kappa shape index (κ1) is 11.1. The van der Waals surface area contributed by atoms with E-state index >= 15 is 0 Å². The second-order valence-corrected chi connectivity index (χ2v) is 4.50. The standard InChI is InChI=1S/C13H14N2O3/c1-9-8-12(18-14-9)10-4-2-6-15(10)13(16)11-5-3-7-17-11/h3,5,7-8,10H,2,4,6H2,1H3/t10-/m1/s1. The van der Waals surface area contributed by atoms with Crippen LogP contribution in [0.15, 0.2) is 33.4 Å². The summed E-state index contributed by atoms with van der Waals surface area (Å²) in [6.45, 7) is 2.60. The van der Waals surface area contributed by atoms with Gasteiger partial charge in [-0.1, -0.05) is 5.16 Å². The fraction of sp³-hybridized carbons (Fsp3) is 0.385. The van der Waals surface area contributed by atoms with Gasteiger partial charge in [0.05, 0.1) is 18.0 Å². The molecule has 5 nitrogen and oxygen atoms in total. The highest BCUT2D eigenvalue weighted by Crippen LogP contribution is 2.33. The van der Waals surface area contributed by atoms with Gasteiger partial charge in [-0.25, -0.2) is 0 Å². The van der Waals surface area contributed by atoms with E-state index in [0.717, 1.165) is 30.8 Å². The van der Waals surface area contributed by atoms with Gasteiger partial charge in [0.15, 0.2) is 11.5 Å². The van der Waals surface area contributed by atoms with Crippen LogP contribution in [-0.2, 0) is 0 Å². The Morgan fingerprint density at radius 3 is 3.11 bits per heavy atom. The third-order valence-corrected chi connectivity index (χ3v) is 3.22. The molecule has 2 aromatic rings. The number of hydrogen-bond donors (Lipinski definition) is 0. The van der Waals surface area contributed by atoms with Crippen molar-refractivity contribution in [3.63, 3.8) is 0 Å². The van der Waals surface area contributed by atoms with Gasteiger partial charge in [-0.05, 0) is 31.9 Å². The van der Waals surface area contributed by atoms with E-state index in [0.29, 0.717) is 5.76 Å². The Labute approximate surface area is 104 Å². The molecule has 2 aromatic heterocycles. The smallest absolute Gasteiger partial charge is 0.290 e. The van der Waals surface area contributed by atoms with Crippen LogP contribution in [0.25, 0.3) is 0 Å². The Morgan fingerprint density at radius 2 is 2.44 bits per heavy atom. The number of likely N-dealkylation sites (tertiary alicyclic amines) is 1. The second-order valence-electron chi connectivity index (χ2n) is 4.50.